The van der Waals surface area contributed by atoms with E-state index < -0.39 is 0 Å². The van der Waals surface area contributed by atoms with E-state index in [0.717, 1.165) is 19.4 Å². The van der Waals surface area contributed by atoms with Crippen LogP contribution in [-0.2, 0) is 0 Å². The largest absolute Gasteiger partial charge is 0.394 e. The summed E-state index contributed by atoms with van der Waals surface area (Å²) in [5.74, 6) is -0.374. The maximum atomic E-state index is 14.3. The SMILES string of the molecule is NC(=S)c1ccc(N2CCCC2CO)c(F)c1Br. The summed E-state index contributed by atoms with van der Waals surface area (Å²) in [6, 6.07) is 3.36. The Morgan fingerprint density at radius 2 is 2.33 bits per heavy atom. The number of rotatable bonds is 3. The van der Waals surface area contributed by atoms with Crippen molar-refractivity contribution in [1.82, 2.24) is 0 Å². The maximum absolute atomic E-state index is 14.3. The van der Waals surface area contributed by atoms with Crippen molar-refractivity contribution in [3.8, 4) is 0 Å². The molecular formula is C12H14BrFN2OS. The third-order valence-electron chi connectivity index (χ3n) is 3.22. The zero-order valence-corrected chi connectivity index (χ0v) is 12.1. The normalized spacial score (nSPS) is 19.3. The van der Waals surface area contributed by atoms with Gasteiger partial charge in [-0.25, -0.2) is 4.39 Å². The Morgan fingerprint density at radius 1 is 1.61 bits per heavy atom. The molecule has 0 bridgehead atoms. The topological polar surface area (TPSA) is 49.5 Å². The smallest absolute Gasteiger partial charge is 0.161 e. The van der Waals surface area contributed by atoms with Crippen LogP contribution in [0.25, 0.3) is 0 Å². The van der Waals surface area contributed by atoms with Crippen LogP contribution in [-0.4, -0.2) is 29.3 Å². The van der Waals surface area contributed by atoms with E-state index in [2.05, 4.69) is 15.9 Å². The average Bonchev–Trinajstić information content (AvgIpc) is 2.80. The average molecular weight is 333 g/mol. The third kappa shape index (κ3) is 2.37. The molecule has 0 aliphatic carbocycles. The molecule has 18 heavy (non-hydrogen) atoms. The van der Waals surface area contributed by atoms with Crippen molar-refractivity contribution in [3.63, 3.8) is 0 Å². The lowest BCUT2D eigenvalue weighted by molar-refractivity contribution is 0.266. The van der Waals surface area contributed by atoms with Crippen molar-refractivity contribution < 1.29 is 9.50 Å². The van der Waals surface area contributed by atoms with Gasteiger partial charge in [0.05, 0.1) is 22.8 Å². The Bertz CT molecular complexity index is 483. The molecule has 0 radical (unpaired) electrons. The van der Waals surface area contributed by atoms with Crippen molar-refractivity contribution in [3.05, 3.63) is 28.0 Å². The highest BCUT2D eigenvalue weighted by Gasteiger charge is 2.27. The van der Waals surface area contributed by atoms with E-state index in [0.29, 0.717) is 11.3 Å². The van der Waals surface area contributed by atoms with Crippen LogP contribution in [0, 0.1) is 5.82 Å². The number of aliphatic hydroxyl groups is 1. The number of nitrogens with zero attached hydrogens (tertiary/aromatic N) is 1. The van der Waals surface area contributed by atoms with Gasteiger partial charge in [-0.2, -0.15) is 0 Å². The van der Waals surface area contributed by atoms with Crippen LogP contribution in [0.1, 0.15) is 18.4 Å². The van der Waals surface area contributed by atoms with Crippen LogP contribution in [0.3, 0.4) is 0 Å². The van der Waals surface area contributed by atoms with E-state index in [-0.39, 0.29) is 27.9 Å². The first-order valence-corrected chi connectivity index (χ1v) is 6.91. The summed E-state index contributed by atoms with van der Waals surface area (Å²) >= 11 is 8.05. The van der Waals surface area contributed by atoms with Gasteiger partial charge in [0.2, 0.25) is 0 Å². The van der Waals surface area contributed by atoms with Gasteiger partial charge in [0.25, 0.3) is 0 Å². The van der Waals surface area contributed by atoms with Gasteiger partial charge in [0.1, 0.15) is 4.99 Å². The molecule has 1 atom stereocenters. The van der Waals surface area contributed by atoms with E-state index in [1.165, 1.54) is 0 Å². The van der Waals surface area contributed by atoms with E-state index in [9.17, 15) is 9.50 Å². The van der Waals surface area contributed by atoms with Crippen molar-refractivity contribution in [2.45, 2.75) is 18.9 Å². The van der Waals surface area contributed by atoms with Gasteiger partial charge in [-0.3, -0.25) is 0 Å². The molecule has 2 rings (SSSR count). The molecule has 0 spiro atoms. The van der Waals surface area contributed by atoms with E-state index in [1.54, 1.807) is 12.1 Å². The molecule has 3 nitrogen and oxygen atoms in total. The Hall–Kier alpha value is -0.720. The van der Waals surface area contributed by atoms with Crippen molar-refractivity contribution >= 4 is 38.8 Å². The Balaban J connectivity index is 2.41. The monoisotopic (exact) mass is 332 g/mol. The minimum atomic E-state index is -0.374. The first-order valence-electron chi connectivity index (χ1n) is 5.71. The van der Waals surface area contributed by atoms with Gasteiger partial charge in [0, 0.05) is 12.1 Å². The summed E-state index contributed by atoms with van der Waals surface area (Å²) in [6.45, 7) is 0.787. The summed E-state index contributed by atoms with van der Waals surface area (Å²) < 4.78 is 14.6. The maximum Gasteiger partial charge on any atom is 0.161 e. The molecule has 0 aromatic heterocycles. The quantitative estimate of drug-likeness (QED) is 0.833. The molecule has 1 fully saturated rings. The van der Waals surface area contributed by atoms with E-state index >= 15 is 0 Å². The summed E-state index contributed by atoms with van der Waals surface area (Å²) in [6.07, 6.45) is 1.84. The number of halogens is 2. The van der Waals surface area contributed by atoms with Gasteiger partial charge in [-0.1, -0.05) is 12.2 Å². The lowest BCUT2D eigenvalue weighted by atomic mass is 10.1. The molecule has 6 heteroatoms. The standard InChI is InChI=1S/C12H14BrFN2OS/c13-10-8(12(15)18)3-4-9(11(10)14)16-5-1-2-7(16)6-17/h3-4,7,17H,1-2,5-6H2,(H2,15,18). The van der Waals surface area contributed by atoms with Gasteiger partial charge < -0.3 is 15.7 Å². The van der Waals surface area contributed by atoms with Crippen LogP contribution < -0.4 is 10.6 Å². The number of nitrogens with two attached hydrogens (primary N) is 1. The molecule has 0 saturated carbocycles. The fraction of sp³-hybridized carbons (Fsp3) is 0.417. The van der Waals surface area contributed by atoms with Crippen molar-refractivity contribution in [2.75, 3.05) is 18.1 Å². The van der Waals surface area contributed by atoms with Crippen LogP contribution in [0.5, 0.6) is 0 Å². The minimum absolute atomic E-state index is 0.0120. The number of aliphatic hydroxyl groups excluding tert-OH is 1. The first kappa shape index (κ1) is 13.7. The zero-order chi connectivity index (χ0) is 13.3. The molecular weight excluding hydrogens is 319 g/mol. The lowest BCUT2D eigenvalue weighted by Gasteiger charge is -2.26. The van der Waals surface area contributed by atoms with Crippen molar-refractivity contribution in [2.24, 2.45) is 5.73 Å². The number of benzene rings is 1. The predicted molar refractivity (Wildman–Crippen MR) is 77.4 cm³/mol. The van der Waals surface area contributed by atoms with Crippen LogP contribution in [0.4, 0.5) is 10.1 Å². The molecule has 1 saturated heterocycles. The Morgan fingerprint density at radius 3 is 2.94 bits per heavy atom. The fourth-order valence-electron chi connectivity index (χ4n) is 2.29. The third-order valence-corrected chi connectivity index (χ3v) is 4.22. The summed E-state index contributed by atoms with van der Waals surface area (Å²) in [5, 5.41) is 9.28. The second-order valence-electron chi connectivity index (χ2n) is 4.30. The van der Waals surface area contributed by atoms with Crippen LogP contribution >= 0.6 is 28.1 Å². The molecule has 1 aliphatic rings. The Labute approximate surface area is 119 Å². The molecule has 3 N–H and O–H groups in total. The van der Waals surface area contributed by atoms with Crippen molar-refractivity contribution in [1.29, 1.82) is 0 Å². The summed E-state index contributed by atoms with van der Waals surface area (Å²) in [4.78, 5) is 2.05. The molecule has 1 aromatic carbocycles. The number of thiocarbonyl (C=S) groups is 1. The van der Waals surface area contributed by atoms with Crippen LogP contribution in [0.15, 0.2) is 16.6 Å². The van der Waals surface area contributed by atoms with Gasteiger partial charge in [0.15, 0.2) is 5.82 Å². The molecule has 1 aliphatic heterocycles. The van der Waals surface area contributed by atoms with E-state index in [4.69, 9.17) is 18.0 Å². The molecule has 1 unspecified atom stereocenters. The molecule has 1 aromatic rings. The molecule has 98 valence electrons. The van der Waals surface area contributed by atoms with Gasteiger partial charge in [-0.05, 0) is 40.9 Å². The summed E-state index contributed by atoms with van der Waals surface area (Å²) in [5.41, 5.74) is 6.50. The first-order chi connectivity index (χ1) is 8.56. The lowest BCUT2D eigenvalue weighted by Crippen LogP contribution is -2.33. The Kier molecular flexibility index (Phi) is 4.19. The van der Waals surface area contributed by atoms with Crippen LogP contribution in [0.2, 0.25) is 0 Å². The number of hydrogen-bond donors (Lipinski definition) is 2. The highest BCUT2D eigenvalue weighted by Crippen LogP contribution is 2.33. The molecule has 0 amide bonds. The fourth-order valence-corrected chi connectivity index (χ4v) is 3.14. The number of hydrogen-bond acceptors (Lipinski definition) is 3. The highest BCUT2D eigenvalue weighted by atomic mass is 79.9. The van der Waals surface area contributed by atoms with Gasteiger partial charge in [-0.15, -0.1) is 0 Å². The van der Waals surface area contributed by atoms with Gasteiger partial charge >= 0.3 is 0 Å². The summed E-state index contributed by atoms with van der Waals surface area (Å²) in [7, 11) is 0. The second-order valence-corrected chi connectivity index (χ2v) is 5.53. The van der Waals surface area contributed by atoms with E-state index in [1.807, 2.05) is 4.90 Å². The second kappa shape index (κ2) is 5.50. The molecule has 1 heterocycles. The predicted octanol–water partition coefficient (Wildman–Crippen LogP) is 2.18. The minimum Gasteiger partial charge on any atom is -0.394 e. The highest BCUT2D eigenvalue weighted by molar-refractivity contribution is 9.10. The number of anilines is 1. The zero-order valence-electron chi connectivity index (χ0n) is 9.70.